The second-order valence-corrected chi connectivity index (χ2v) is 5.40. The van der Waals surface area contributed by atoms with E-state index in [2.05, 4.69) is 0 Å². The standard InChI is InChI=1S/C13H9FN2O3S/c14-12-2-1-3-13(11(12)8-15)19-9-4-6-10(7-5-9)20(16,17)18/h1-7H,(H2,16,17,18). The van der Waals surface area contributed by atoms with E-state index in [-0.39, 0.29) is 22.0 Å². The maximum Gasteiger partial charge on any atom is 0.238 e. The molecule has 2 N–H and O–H groups in total. The number of hydrogen-bond donors (Lipinski definition) is 1. The molecule has 0 aliphatic carbocycles. The molecular weight excluding hydrogens is 283 g/mol. The molecule has 0 unspecified atom stereocenters. The van der Waals surface area contributed by atoms with Crippen LogP contribution < -0.4 is 9.88 Å². The summed E-state index contributed by atoms with van der Waals surface area (Å²) in [4.78, 5) is -0.0652. The summed E-state index contributed by atoms with van der Waals surface area (Å²) >= 11 is 0. The molecule has 5 nitrogen and oxygen atoms in total. The van der Waals surface area contributed by atoms with Gasteiger partial charge < -0.3 is 4.74 Å². The molecule has 102 valence electrons. The molecule has 0 aliphatic rings. The highest BCUT2D eigenvalue weighted by Crippen LogP contribution is 2.27. The van der Waals surface area contributed by atoms with Crippen molar-refractivity contribution in [3.63, 3.8) is 0 Å². The monoisotopic (exact) mass is 292 g/mol. The zero-order chi connectivity index (χ0) is 14.8. The molecule has 0 aliphatic heterocycles. The van der Waals surface area contributed by atoms with Gasteiger partial charge in [-0.25, -0.2) is 17.9 Å². The number of hydrogen-bond acceptors (Lipinski definition) is 4. The topological polar surface area (TPSA) is 93.2 Å². The fourth-order valence-electron chi connectivity index (χ4n) is 1.52. The minimum absolute atomic E-state index is 0.0517. The number of nitrogens with two attached hydrogens (primary N) is 1. The van der Waals surface area contributed by atoms with Crippen molar-refractivity contribution < 1.29 is 17.5 Å². The van der Waals surface area contributed by atoms with E-state index in [9.17, 15) is 12.8 Å². The Balaban J connectivity index is 2.32. The van der Waals surface area contributed by atoms with E-state index < -0.39 is 15.8 Å². The van der Waals surface area contributed by atoms with Crippen molar-refractivity contribution in [3.05, 3.63) is 53.8 Å². The van der Waals surface area contributed by atoms with Gasteiger partial charge in [-0.3, -0.25) is 0 Å². The van der Waals surface area contributed by atoms with E-state index in [1.165, 1.54) is 36.4 Å². The van der Waals surface area contributed by atoms with Crippen LogP contribution in [0.5, 0.6) is 11.5 Å². The zero-order valence-corrected chi connectivity index (χ0v) is 10.9. The van der Waals surface area contributed by atoms with Crippen LogP contribution >= 0.6 is 0 Å². The Hall–Kier alpha value is -2.43. The van der Waals surface area contributed by atoms with Crippen molar-refractivity contribution in [2.24, 2.45) is 5.14 Å². The number of primary sulfonamides is 1. The molecular formula is C13H9FN2O3S. The third-order valence-corrected chi connectivity index (χ3v) is 3.40. The molecule has 2 aromatic carbocycles. The lowest BCUT2D eigenvalue weighted by atomic mass is 10.2. The third-order valence-electron chi connectivity index (χ3n) is 2.47. The van der Waals surface area contributed by atoms with Gasteiger partial charge in [0.2, 0.25) is 10.0 Å². The summed E-state index contributed by atoms with van der Waals surface area (Å²) in [5.74, 6) is -0.374. The molecule has 0 atom stereocenters. The molecule has 2 rings (SSSR count). The average Bonchev–Trinajstić information content (AvgIpc) is 2.38. The number of nitriles is 1. The fraction of sp³-hybridized carbons (Fsp3) is 0. The summed E-state index contributed by atoms with van der Waals surface area (Å²) in [6.07, 6.45) is 0. The van der Waals surface area contributed by atoms with Crippen molar-refractivity contribution in [3.8, 4) is 17.6 Å². The highest BCUT2D eigenvalue weighted by molar-refractivity contribution is 7.89. The first-order valence-electron chi connectivity index (χ1n) is 5.41. The lowest BCUT2D eigenvalue weighted by Gasteiger charge is -2.08. The SMILES string of the molecule is N#Cc1c(F)cccc1Oc1ccc(S(N)(=O)=O)cc1. The van der Waals surface area contributed by atoms with Gasteiger partial charge in [0.05, 0.1) is 4.90 Å². The second-order valence-electron chi connectivity index (χ2n) is 3.84. The quantitative estimate of drug-likeness (QED) is 0.937. The Bertz CT molecular complexity index is 780. The molecule has 0 saturated heterocycles. The second kappa shape index (κ2) is 5.28. The molecule has 0 saturated carbocycles. The first-order valence-corrected chi connectivity index (χ1v) is 6.96. The maximum absolute atomic E-state index is 13.4. The summed E-state index contributed by atoms with van der Waals surface area (Å²) in [6.45, 7) is 0. The van der Waals surface area contributed by atoms with Crippen LogP contribution in [0.25, 0.3) is 0 Å². The molecule has 0 spiro atoms. The lowest BCUT2D eigenvalue weighted by molar-refractivity contribution is 0.474. The van der Waals surface area contributed by atoms with Gasteiger partial charge in [-0.2, -0.15) is 5.26 Å². The fourth-order valence-corrected chi connectivity index (χ4v) is 2.04. The normalized spacial score (nSPS) is 10.8. The largest absolute Gasteiger partial charge is 0.456 e. The molecule has 0 bridgehead atoms. The smallest absolute Gasteiger partial charge is 0.238 e. The van der Waals surface area contributed by atoms with Crippen LogP contribution in [0.2, 0.25) is 0 Å². The predicted octanol–water partition coefficient (Wildman–Crippen LogP) is 2.14. The first kappa shape index (κ1) is 14.0. The maximum atomic E-state index is 13.4. The summed E-state index contributed by atoms with van der Waals surface area (Å²) in [5, 5.41) is 13.8. The number of ether oxygens (including phenoxy) is 1. The van der Waals surface area contributed by atoms with E-state index in [0.29, 0.717) is 0 Å². The van der Waals surface area contributed by atoms with Crippen molar-refractivity contribution in [2.75, 3.05) is 0 Å². The molecule has 7 heteroatoms. The van der Waals surface area contributed by atoms with Crippen LogP contribution in [0.15, 0.2) is 47.4 Å². The van der Waals surface area contributed by atoms with Gasteiger partial charge in [-0.1, -0.05) is 6.07 Å². The van der Waals surface area contributed by atoms with Gasteiger partial charge in [-0.15, -0.1) is 0 Å². The van der Waals surface area contributed by atoms with Gasteiger partial charge in [-0.05, 0) is 36.4 Å². The van der Waals surface area contributed by atoms with Crippen LogP contribution in [0.3, 0.4) is 0 Å². The molecule has 0 radical (unpaired) electrons. The average molecular weight is 292 g/mol. The molecule has 0 heterocycles. The minimum atomic E-state index is -3.78. The van der Waals surface area contributed by atoms with Crippen molar-refractivity contribution in [2.45, 2.75) is 4.90 Å². The molecule has 0 aromatic heterocycles. The van der Waals surface area contributed by atoms with Crippen LogP contribution in [0.4, 0.5) is 4.39 Å². The van der Waals surface area contributed by atoms with Gasteiger partial charge in [0, 0.05) is 0 Å². The Labute approximate surface area is 115 Å². The Kier molecular flexibility index (Phi) is 3.70. The van der Waals surface area contributed by atoms with Crippen molar-refractivity contribution >= 4 is 10.0 Å². The highest BCUT2D eigenvalue weighted by Gasteiger charge is 2.11. The molecule has 2 aromatic rings. The Morgan fingerprint density at radius 2 is 1.80 bits per heavy atom. The van der Waals surface area contributed by atoms with E-state index in [1.807, 2.05) is 0 Å². The minimum Gasteiger partial charge on any atom is -0.456 e. The summed E-state index contributed by atoms with van der Waals surface area (Å²) in [7, 11) is -3.78. The highest BCUT2D eigenvalue weighted by atomic mass is 32.2. The van der Waals surface area contributed by atoms with Crippen molar-refractivity contribution in [1.82, 2.24) is 0 Å². The number of sulfonamides is 1. The summed E-state index contributed by atoms with van der Waals surface area (Å²) in [6, 6.07) is 11.0. The third kappa shape index (κ3) is 2.93. The van der Waals surface area contributed by atoms with Gasteiger partial charge >= 0.3 is 0 Å². The summed E-state index contributed by atoms with van der Waals surface area (Å²) in [5.41, 5.74) is -0.219. The van der Waals surface area contributed by atoms with E-state index in [1.54, 1.807) is 6.07 Å². The lowest BCUT2D eigenvalue weighted by Crippen LogP contribution is -2.11. The van der Waals surface area contributed by atoms with E-state index in [0.717, 1.165) is 6.07 Å². The number of halogens is 1. The Morgan fingerprint density at radius 3 is 2.35 bits per heavy atom. The molecule has 0 fully saturated rings. The van der Waals surface area contributed by atoms with Crippen LogP contribution in [-0.4, -0.2) is 8.42 Å². The van der Waals surface area contributed by atoms with Crippen LogP contribution in [-0.2, 0) is 10.0 Å². The van der Waals surface area contributed by atoms with Gasteiger partial charge in [0.15, 0.2) is 0 Å². The molecule has 0 amide bonds. The van der Waals surface area contributed by atoms with Crippen molar-refractivity contribution in [1.29, 1.82) is 5.26 Å². The summed E-state index contributed by atoms with van der Waals surface area (Å²) < 4.78 is 40.9. The Morgan fingerprint density at radius 1 is 1.15 bits per heavy atom. The number of benzene rings is 2. The van der Waals surface area contributed by atoms with Gasteiger partial charge in [0.1, 0.15) is 28.9 Å². The number of rotatable bonds is 3. The zero-order valence-electron chi connectivity index (χ0n) is 10.1. The van der Waals surface area contributed by atoms with Crippen LogP contribution in [0.1, 0.15) is 5.56 Å². The van der Waals surface area contributed by atoms with E-state index in [4.69, 9.17) is 15.1 Å². The van der Waals surface area contributed by atoms with E-state index >= 15 is 0 Å². The molecule has 20 heavy (non-hydrogen) atoms. The first-order chi connectivity index (χ1) is 9.41. The number of nitrogens with zero attached hydrogens (tertiary/aromatic N) is 1. The van der Waals surface area contributed by atoms with Crippen LogP contribution in [0, 0.1) is 17.1 Å². The van der Waals surface area contributed by atoms with Gasteiger partial charge in [0.25, 0.3) is 0 Å². The predicted molar refractivity (Wildman–Crippen MR) is 69.0 cm³/mol.